The van der Waals surface area contributed by atoms with E-state index in [0.29, 0.717) is 11.5 Å². The van der Waals surface area contributed by atoms with Gasteiger partial charge in [-0.15, -0.1) is 0 Å². The molecule has 0 unspecified atom stereocenters. The van der Waals surface area contributed by atoms with Crippen molar-refractivity contribution in [3.05, 3.63) is 59.7 Å². The molecule has 0 aromatic heterocycles. The SMILES string of the molecule is Oc1ccccc1C1(c2ccccc2O)CCCCCCC1. The van der Waals surface area contributed by atoms with E-state index < -0.39 is 0 Å². The van der Waals surface area contributed by atoms with Crippen LogP contribution in [-0.4, -0.2) is 10.2 Å². The summed E-state index contributed by atoms with van der Waals surface area (Å²) in [6, 6.07) is 15.2. The van der Waals surface area contributed by atoms with E-state index in [1.54, 1.807) is 12.1 Å². The lowest BCUT2D eigenvalue weighted by molar-refractivity contribution is 0.339. The molecular formula is C20H24O2. The summed E-state index contributed by atoms with van der Waals surface area (Å²) in [5, 5.41) is 20.9. The molecule has 2 nitrogen and oxygen atoms in total. The first-order chi connectivity index (χ1) is 10.7. The minimum absolute atomic E-state index is 0.281. The van der Waals surface area contributed by atoms with Crippen molar-refractivity contribution >= 4 is 0 Å². The van der Waals surface area contributed by atoms with E-state index in [1.165, 1.54) is 19.3 Å². The summed E-state index contributed by atoms with van der Waals surface area (Å²) < 4.78 is 0. The Kier molecular flexibility index (Phi) is 4.37. The number of hydrogen-bond acceptors (Lipinski definition) is 2. The van der Waals surface area contributed by atoms with Crippen molar-refractivity contribution in [1.82, 2.24) is 0 Å². The van der Waals surface area contributed by atoms with E-state index in [0.717, 1.165) is 36.8 Å². The molecular weight excluding hydrogens is 272 g/mol. The summed E-state index contributed by atoms with van der Waals surface area (Å²) in [5.74, 6) is 0.678. The summed E-state index contributed by atoms with van der Waals surface area (Å²) in [5.41, 5.74) is 1.63. The van der Waals surface area contributed by atoms with Crippen LogP contribution >= 0.6 is 0 Å². The van der Waals surface area contributed by atoms with Gasteiger partial charge in [0.2, 0.25) is 0 Å². The maximum absolute atomic E-state index is 10.5. The number of hydrogen-bond donors (Lipinski definition) is 2. The molecule has 3 rings (SSSR count). The van der Waals surface area contributed by atoms with Crippen LogP contribution < -0.4 is 0 Å². The van der Waals surface area contributed by atoms with Gasteiger partial charge in [-0.05, 0) is 25.0 Å². The van der Waals surface area contributed by atoms with Crippen LogP contribution in [0.15, 0.2) is 48.5 Å². The summed E-state index contributed by atoms with van der Waals surface area (Å²) >= 11 is 0. The van der Waals surface area contributed by atoms with Crippen LogP contribution in [0.4, 0.5) is 0 Å². The molecule has 0 heterocycles. The topological polar surface area (TPSA) is 40.5 Å². The smallest absolute Gasteiger partial charge is 0.119 e. The molecule has 1 aliphatic carbocycles. The normalized spacial score (nSPS) is 18.4. The Morgan fingerprint density at radius 1 is 0.591 bits per heavy atom. The van der Waals surface area contributed by atoms with E-state index in [4.69, 9.17) is 0 Å². The second-order valence-electron chi connectivity index (χ2n) is 6.38. The summed E-state index contributed by atoms with van der Waals surface area (Å²) in [6.45, 7) is 0. The van der Waals surface area contributed by atoms with E-state index >= 15 is 0 Å². The Morgan fingerprint density at radius 3 is 1.45 bits per heavy atom. The standard InChI is InChI=1S/C20H24O2/c21-18-12-6-4-10-16(18)20(14-8-2-1-3-9-15-20)17-11-5-7-13-19(17)22/h4-7,10-13,21-22H,1-3,8-9,14-15H2. The number of phenols is 2. The van der Waals surface area contributed by atoms with Crippen LogP contribution in [0.2, 0.25) is 0 Å². The molecule has 1 saturated carbocycles. The molecule has 2 aromatic carbocycles. The highest BCUT2D eigenvalue weighted by atomic mass is 16.3. The van der Waals surface area contributed by atoms with E-state index in [2.05, 4.69) is 0 Å². The number of rotatable bonds is 2. The predicted octanol–water partition coefficient (Wildman–Crippen LogP) is 5.13. The Bertz CT molecular complexity index is 578. The van der Waals surface area contributed by atoms with Crippen LogP contribution in [0.1, 0.15) is 56.1 Å². The Hall–Kier alpha value is -1.96. The first-order valence-electron chi connectivity index (χ1n) is 8.31. The van der Waals surface area contributed by atoms with E-state index in [-0.39, 0.29) is 5.41 Å². The quantitative estimate of drug-likeness (QED) is 0.806. The predicted molar refractivity (Wildman–Crippen MR) is 89.3 cm³/mol. The van der Waals surface area contributed by atoms with Gasteiger partial charge in [0.15, 0.2) is 0 Å². The highest BCUT2D eigenvalue weighted by Crippen LogP contribution is 2.48. The highest BCUT2D eigenvalue weighted by Gasteiger charge is 2.37. The Balaban J connectivity index is 2.17. The van der Waals surface area contributed by atoms with Gasteiger partial charge < -0.3 is 10.2 Å². The van der Waals surface area contributed by atoms with Crippen LogP contribution in [0.25, 0.3) is 0 Å². The van der Waals surface area contributed by atoms with Crippen LogP contribution in [0.5, 0.6) is 11.5 Å². The van der Waals surface area contributed by atoms with Crippen molar-refractivity contribution in [3.63, 3.8) is 0 Å². The second kappa shape index (κ2) is 6.43. The molecule has 2 N–H and O–H groups in total. The molecule has 1 fully saturated rings. The monoisotopic (exact) mass is 296 g/mol. The van der Waals surface area contributed by atoms with Crippen molar-refractivity contribution in [2.45, 2.75) is 50.4 Å². The summed E-state index contributed by atoms with van der Waals surface area (Å²) in [7, 11) is 0. The maximum Gasteiger partial charge on any atom is 0.119 e. The fourth-order valence-corrected chi connectivity index (χ4v) is 3.95. The molecule has 0 radical (unpaired) electrons. The van der Waals surface area contributed by atoms with Gasteiger partial charge in [-0.3, -0.25) is 0 Å². The van der Waals surface area contributed by atoms with Gasteiger partial charge in [-0.25, -0.2) is 0 Å². The first-order valence-corrected chi connectivity index (χ1v) is 8.31. The molecule has 0 saturated heterocycles. The molecule has 0 amide bonds. The van der Waals surface area contributed by atoms with Crippen molar-refractivity contribution in [3.8, 4) is 11.5 Å². The lowest BCUT2D eigenvalue weighted by atomic mass is 9.66. The Labute approximate surface area is 132 Å². The zero-order valence-electron chi connectivity index (χ0n) is 13.0. The van der Waals surface area contributed by atoms with Gasteiger partial charge in [-0.1, -0.05) is 68.5 Å². The molecule has 1 aliphatic rings. The molecule has 116 valence electrons. The van der Waals surface area contributed by atoms with Crippen molar-refractivity contribution in [2.24, 2.45) is 0 Å². The van der Waals surface area contributed by atoms with Crippen LogP contribution in [-0.2, 0) is 5.41 Å². The van der Waals surface area contributed by atoms with Crippen LogP contribution in [0.3, 0.4) is 0 Å². The third-order valence-electron chi connectivity index (χ3n) is 5.05. The van der Waals surface area contributed by atoms with Crippen LogP contribution in [0, 0.1) is 0 Å². The first kappa shape index (κ1) is 15.0. The number of aromatic hydroxyl groups is 2. The van der Waals surface area contributed by atoms with Gasteiger partial charge >= 0.3 is 0 Å². The fourth-order valence-electron chi connectivity index (χ4n) is 3.95. The van der Waals surface area contributed by atoms with Gasteiger partial charge in [0, 0.05) is 16.5 Å². The third kappa shape index (κ3) is 2.70. The minimum atomic E-state index is -0.281. The minimum Gasteiger partial charge on any atom is -0.508 e. The van der Waals surface area contributed by atoms with Gasteiger partial charge in [-0.2, -0.15) is 0 Å². The van der Waals surface area contributed by atoms with Crippen molar-refractivity contribution in [2.75, 3.05) is 0 Å². The van der Waals surface area contributed by atoms with E-state index in [9.17, 15) is 10.2 Å². The molecule has 0 bridgehead atoms. The summed E-state index contributed by atoms with van der Waals surface area (Å²) in [4.78, 5) is 0. The number of benzene rings is 2. The average Bonchev–Trinajstić information content (AvgIpc) is 2.50. The largest absolute Gasteiger partial charge is 0.508 e. The zero-order valence-corrected chi connectivity index (χ0v) is 13.0. The maximum atomic E-state index is 10.5. The lowest BCUT2D eigenvalue weighted by Gasteiger charge is -2.37. The van der Waals surface area contributed by atoms with Gasteiger partial charge in [0.25, 0.3) is 0 Å². The van der Waals surface area contributed by atoms with Crippen molar-refractivity contribution < 1.29 is 10.2 Å². The molecule has 2 aromatic rings. The molecule has 0 aliphatic heterocycles. The van der Waals surface area contributed by atoms with Gasteiger partial charge in [0.1, 0.15) is 11.5 Å². The Morgan fingerprint density at radius 2 is 1.00 bits per heavy atom. The number of para-hydroxylation sites is 2. The molecule has 2 heteroatoms. The zero-order chi connectivity index (χ0) is 15.4. The average molecular weight is 296 g/mol. The van der Waals surface area contributed by atoms with Gasteiger partial charge in [0.05, 0.1) is 0 Å². The fraction of sp³-hybridized carbons (Fsp3) is 0.400. The lowest BCUT2D eigenvalue weighted by Crippen LogP contribution is -2.29. The molecule has 0 atom stereocenters. The third-order valence-corrected chi connectivity index (χ3v) is 5.05. The highest BCUT2D eigenvalue weighted by molar-refractivity contribution is 5.51. The number of phenolic OH excluding ortho intramolecular Hbond substituents is 2. The van der Waals surface area contributed by atoms with E-state index in [1.807, 2.05) is 36.4 Å². The molecule has 22 heavy (non-hydrogen) atoms. The van der Waals surface area contributed by atoms with Crippen molar-refractivity contribution in [1.29, 1.82) is 0 Å². The summed E-state index contributed by atoms with van der Waals surface area (Å²) in [6.07, 6.45) is 7.94. The second-order valence-corrected chi connectivity index (χ2v) is 6.38. The molecule has 0 spiro atoms.